The third-order valence-corrected chi connectivity index (χ3v) is 3.52. The number of rotatable bonds is 6. The van der Waals surface area contributed by atoms with Gasteiger partial charge in [0.15, 0.2) is 5.78 Å². The summed E-state index contributed by atoms with van der Waals surface area (Å²) in [6.45, 7) is 8.60. The van der Waals surface area contributed by atoms with Crippen LogP contribution in [0.2, 0.25) is 0 Å². The van der Waals surface area contributed by atoms with E-state index >= 15 is 0 Å². The van der Waals surface area contributed by atoms with Crippen LogP contribution >= 0.6 is 0 Å². The van der Waals surface area contributed by atoms with Crippen LogP contribution in [0.25, 0.3) is 0 Å². The van der Waals surface area contributed by atoms with Crippen molar-refractivity contribution in [1.82, 2.24) is 0 Å². The maximum atomic E-state index is 12.6. The van der Waals surface area contributed by atoms with Gasteiger partial charge in [-0.2, -0.15) is 0 Å². The molecule has 0 bridgehead atoms. The molecule has 0 saturated heterocycles. The van der Waals surface area contributed by atoms with E-state index in [1.54, 1.807) is 7.11 Å². The molecule has 1 aromatic carbocycles. The largest absolute Gasteiger partial charge is 0.496 e. The summed E-state index contributed by atoms with van der Waals surface area (Å²) in [4.78, 5) is 12.6. The molecule has 106 valence electrons. The number of carbonyl (C=O) groups excluding carboxylic acids is 1. The third-order valence-electron chi connectivity index (χ3n) is 3.52. The Labute approximate surface area is 116 Å². The van der Waals surface area contributed by atoms with Crippen molar-refractivity contribution in [2.45, 2.75) is 40.0 Å². The highest BCUT2D eigenvalue weighted by atomic mass is 16.5. The monoisotopic (exact) mass is 263 g/mol. The van der Waals surface area contributed by atoms with Gasteiger partial charge < -0.3 is 10.5 Å². The molecule has 0 aliphatic carbocycles. The van der Waals surface area contributed by atoms with Crippen LogP contribution in [0.1, 0.15) is 56.0 Å². The Morgan fingerprint density at radius 3 is 2.47 bits per heavy atom. The van der Waals surface area contributed by atoms with Crippen molar-refractivity contribution in [3.8, 4) is 5.75 Å². The molecule has 1 rings (SSSR count). The van der Waals surface area contributed by atoms with Gasteiger partial charge in [-0.15, -0.1) is 0 Å². The van der Waals surface area contributed by atoms with Crippen molar-refractivity contribution in [3.05, 3.63) is 29.3 Å². The molecule has 2 N–H and O–H groups in total. The van der Waals surface area contributed by atoms with Gasteiger partial charge in [-0.25, -0.2) is 0 Å². The molecule has 0 fully saturated rings. The van der Waals surface area contributed by atoms with Crippen LogP contribution in [0.5, 0.6) is 5.75 Å². The van der Waals surface area contributed by atoms with Crippen LogP contribution < -0.4 is 10.5 Å². The SMILES string of the molecule is COc1cc(C(C)C)ccc1C(=O)C(C)(C)CCN. The lowest BCUT2D eigenvalue weighted by Crippen LogP contribution is -2.27. The molecule has 0 aliphatic rings. The van der Waals surface area contributed by atoms with Crippen molar-refractivity contribution in [3.63, 3.8) is 0 Å². The van der Waals surface area contributed by atoms with E-state index in [0.717, 1.165) is 0 Å². The summed E-state index contributed by atoms with van der Waals surface area (Å²) in [7, 11) is 1.60. The van der Waals surface area contributed by atoms with Crippen LogP contribution in [-0.2, 0) is 0 Å². The lowest BCUT2D eigenvalue weighted by Gasteiger charge is -2.23. The van der Waals surface area contributed by atoms with Crippen molar-refractivity contribution in [1.29, 1.82) is 0 Å². The molecule has 0 heterocycles. The van der Waals surface area contributed by atoms with Crippen molar-refractivity contribution in [2.24, 2.45) is 11.1 Å². The molecule has 1 aromatic rings. The summed E-state index contributed by atoms with van der Waals surface area (Å²) in [6.07, 6.45) is 0.668. The molecule has 0 spiro atoms. The van der Waals surface area contributed by atoms with Crippen molar-refractivity contribution < 1.29 is 9.53 Å². The van der Waals surface area contributed by atoms with E-state index in [1.165, 1.54) is 5.56 Å². The zero-order valence-corrected chi connectivity index (χ0v) is 12.6. The first-order chi connectivity index (χ1) is 8.83. The van der Waals surface area contributed by atoms with E-state index in [4.69, 9.17) is 10.5 Å². The van der Waals surface area contributed by atoms with Gasteiger partial charge in [-0.3, -0.25) is 4.79 Å². The molecule has 0 radical (unpaired) electrons. The van der Waals surface area contributed by atoms with E-state index in [1.807, 2.05) is 32.0 Å². The number of hydrogen-bond acceptors (Lipinski definition) is 3. The van der Waals surface area contributed by atoms with Crippen molar-refractivity contribution in [2.75, 3.05) is 13.7 Å². The van der Waals surface area contributed by atoms with Gasteiger partial charge in [0.1, 0.15) is 5.75 Å². The Morgan fingerprint density at radius 2 is 2.00 bits per heavy atom. The zero-order valence-electron chi connectivity index (χ0n) is 12.6. The number of Topliss-reactive ketones (excluding diaryl/α,β-unsaturated/α-hetero) is 1. The normalized spacial score (nSPS) is 11.7. The molecule has 0 aliphatic heterocycles. The second-order valence-corrected chi connectivity index (χ2v) is 5.87. The molecule has 0 aromatic heterocycles. The summed E-state index contributed by atoms with van der Waals surface area (Å²) < 4.78 is 5.38. The number of carbonyl (C=O) groups is 1. The Hall–Kier alpha value is -1.35. The second kappa shape index (κ2) is 6.20. The number of hydrogen-bond donors (Lipinski definition) is 1. The molecule has 3 nitrogen and oxygen atoms in total. The fourth-order valence-corrected chi connectivity index (χ4v) is 2.09. The lowest BCUT2D eigenvalue weighted by atomic mass is 9.80. The second-order valence-electron chi connectivity index (χ2n) is 5.87. The topological polar surface area (TPSA) is 52.3 Å². The van der Waals surface area contributed by atoms with Gasteiger partial charge in [-0.1, -0.05) is 33.8 Å². The fraction of sp³-hybridized carbons (Fsp3) is 0.562. The highest BCUT2D eigenvalue weighted by molar-refractivity contribution is 6.02. The summed E-state index contributed by atoms with van der Waals surface area (Å²) in [5, 5.41) is 0. The first-order valence-electron chi connectivity index (χ1n) is 6.76. The smallest absolute Gasteiger partial charge is 0.172 e. The molecule has 0 atom stereocenters. The quantitative estimate of drug-likeness (QED) is 0.800. The van der Waals surface area contributed by atoms with Crippen molar-refractivity contribution >= 4 is 5.78 Å². The van der Waals surface area contributed by atoms with Crippen LogP contribution in [0.15, 0.2) is 18.2 Å². The standard InChI is InChI=1S/C16H25NO2/c1-11(2)12-6-7-13(14(10-12)19-5)15(18)16(3,4)8-9-17/h6-7,10-11H,8-9,17H2,1-5H3. The number of ketones is 1. The predicted octanol–water partition coefficient (Wildman–Crippen LogP) is 3.38. The lowest BCUT2D eigenvalue weighted by molar-refractivity contribution is 0.0826. The van der Waals surface area contributed by atoms with Gasteiger partial charge in [0, 0.05) is 5.41 Å². The number of methoxy groups -OCH3 is 1. The van der Waals surface area contributed by atoms with E-state index < -0.39 is 5.41 Å². The maximum Gasteiger partial charge on any atom is 0.172 e. The molecule has 3 heteroatoms. The van der Waals surface area contributed by atoms with E-state index in [2.05, 4.69) is 13.8 Å². The highest BCUT2D eigenvalue weighted by Gasteiger charge is 2.29. The third kappa shape index (κ3) is 3.57. The average Bonchev–Trinajstić information content (AvgIpc) is 2.36. The zero-order chi connectivity index (χ0) is 14.6. The fourth-order valence-electron chi connectivity index (χ4n) is 2.09. The van der Waals surface area contributed by atoms with Crippen LogP contribution in [0.3, 0.4) is 0 Å². The molecule has 0 amide bonds. The summed E-state index contributed by atoms with van der Waals surface area (Å²) in [5.74, 6) is 1.15. The van der Waals surface area contributed by atoms with Crippen LogP contribution in [-0.4, -0.2) is 19.4 Å². The van der Waals surface area contributed by atoms with Gasteiger partial charge in [-0.05, 0) is 36.6 Å². The molecule has 19 heavy (non-hydrogen) atoms. The first-order valence-corrected chi connectivity index (χ1v) is 6.76. The van der Waals surface area contributed by atoms with Crippen LogP contribution in [0.4, 0.5) is 0 Å². The highest BCUT2D eigenvalue weighted by Crippen LogP contribution is 2.32. The first kappa shape index (κ1) is 15.7. The summed E-state index contributed by atoms with van der Waals surface area (Å²) in [5.41, 5.74) is 6.94. The Bertz CT molecular complexity index is 450. The molecular weight excluding hydrogens is 238 g/mol. The van der Waals surface area contributed by atoms with E-state index in [9.17, 15) is 4.79 Å². The molecule has 0 saturated carbocycles. The molecular formula is C16H25NO2. The number of nitrogens with two attached hydrogens (primary N) is 1. The van der Waals surface area contributed by atoms with Crippen LogP contribution in [0, 0.1) is 5.41 Å². The van der Waals surface area contributed by atoms with Gasteiger partial charge in [0.05, 0.1) is 12.7 Å². The van der Waals surface area contributed by atoms with Gasteiger partial charge in [0.2, 0.25) is 0 Å². The predicted molar refractivity (Wildman–Crippen MR) is 78.9 cm³/mol. The number of benzene rings is 1. The summed E-state index contributed by atoms with van der Waals surface area (Å²) >= 11 is 0. The van der Waals surface area contributed by atoms with Gasteiger partial charge in [0.25, 0.3) is 0 Å². The van der Waals surface area contributed by atoms with E-state index in [0.29, 0.717) is 30.2 Å². The Kier molecular flexibility index (Phi) is 5.12. The molecule has 0 unspecified atom stereocenters. The van der Waals surface area contributed by atoms with E-state index in [-0.39, 0.29) is 5.78 Å². The number of ether oxygens (including phenoxy) is 1. The maximum absolute atomic E-state index is 12.6. The minimum atomic E-state index is -0.457. The average molecular weight is 263 g/mol. The summed E-state index contributed by atoms with van der Waals surface area (Å²) in [6, 6.07) is 5.82. The minimum absolute atomic E-state index is 0.0881. The van der Waals surface area contributed by atoms with Gasteiger partial charge >= 0.3 is 0 Å². The minimum Gasteiger partial charge on any atom is -0.496 e. The Morgan fingerprint density at radius 1 is 1.37 bits per heavy atom. The Balaban J connectivity index is 3.17.